The summed E-state index contributed by atoms with van der Waals surface area (Å²) in [5.74, 6) is -0.755. The fourth-order valence-corrected chi connectivity index (χ4v) is 2.67. The number of nitrogens with one attached hydrogen (secondary N) is 2. The van der Waals surface area contributed by atoms with Gasteiger partial charge in [-0.15, -0.1) is 0 Å². The monoisotopic (exact) mass is 386 g/mol. The van der Waals surface area contributed by atoms with E-state index >= 15 is 0 Å². The van der Waals surface area contributed by atoms with Gasteiger partial charge in [0.15, 0.2) is 0 Å². The lowest BCUT2D eigenvalue weighted by molar-refractivity contribution is -0.173. The van der Waals surface area contributed by atoms with Crippen LogP contribution in [0.4, 0.5) is 18.9 Å². The molecule has 0 saturated heterocycles. The van der Waals surface area contributed by atoms with Crippen molar-refractivity contribution >= 4 is 28.8 Å². The second kappa shape index (κ2) is 9.35. The molecule has 0 saturated carbocycles. The highest BCUT2D eigenvalue weighted by Gasteiger charge is 2.27. The van der Waals surface area contributed by atoms with Gasteiger partial charge in [-0.05, 0) is 30.0 Å². The molecule has 2 N–H and O–H groups in total. The quantitative estimate of drug-likeness (QED) is 0.680. The maximum Gasteiger partial charge on any atom is 0.411 e. The molecule has 0 aliphatic heterocycles. The predicted octanol–water partition coefficient (Wildman–Crippen LogP) is 3.70. The first-order valence-corrected chi connectivity index (χ1v) is 8.66. The van der Waals surface area contributed by atoms with Crippen molar-refractivity contribution in [2.75, 3.05) is 25.1 Å². The van der Waals surface area contributed by atoms with Crippen LogP contribution in [0.2, 0.25) is 0 Å². The summed E-state index contributed by atoms with van der Waals surface area (Å²) >= 11 is 1.39. The van der Waals surface area contributed by atoms with Crippen molar-refractivity contribution in [2.45, 2.75) is 12.6 Å². The predicted molar refractivity (Wildman–Crippen MR) is 92.5 cm³/mol. The van der Waals surface area contributed by atoms with Gasteiger partial charge in [0, 0.05) is 18.5 Å². The van der Waals surface area contributed by atoms with Gasteiger partial charge in [0.05, 0.1) is 16.8 Å². The van der Waals surface area contributed by atoms with E-state index in [1.165, 1.54) is 11.3 Å². The smallest absolute Gasteiger partial charge is 0.372 e. The van der Waals surface area contributed by atoms with E-state index in [4.69, 9.17) is 0 Å². The van der Waals surface area contributed by atoms with Crippen molar-refractivity contribution < 1.29 is 27.5 Å². The average molecular weight is 386 g/mol. The highest BCUT2D eigenvalue weighted by Crippen LogP contribution is 2.17. The summed E-state index contributed by atoms with van der Waals surface area (Å²) in [5, 5.41) is 8.74. The molecule has 9 heteroatoms. The Labute approximate surface area is 152 Å². The highest BCUT2D eigenvalue weighted by atomic mass is 32.1. The topological polar surface area (TPSA) is 67.4 Å². The lowest BCUT2D eigenvalue weighted by atomic mass is 10.1. The SMILES string of the molecule is O=C(Nc1ccccc1C(=O)NCCCOCC(F)(F)F)c1ccsc1. The van der Waals surface area contributed by atoms with Crippen molar-refractivity contribution in [3.8, 4) is 0 Å². The van der Waals surface area contributed by atoms with E-state index in [-0.39, 0.29) is 31.0 Å². The Hall–Kier alpha value is -2.39. The first kappa shape index (κ1) is 19.9. The van der Waals surface area contributed by atoms with E-state index < -0.39 is 18.7 Å². The molecule has 2 rings (SSSR count). The third-order valence-corrected chi connectivity index (χ3v) is 3.90. The maximum absolute atomic E-state index is 12.2. The Morgan fingerprint density at radius 1 is 1.12 bits per heavy atom. The van der Waals surface area contributed by atoms with Crippen LogP contribution in [0.3, 0.4) is 0 Å². The summed E-state index contributed by atoms with van der Waals surface area (Å²) in [5.41, 5.74) is 1.12. The number of hydrogen-bond acceptors (Lipinski definition) is 4. The molecule has 26 heavy (non-hydrogen) atoms. The fourth-order valence-electron chi connectivity index (χ4n) is 2.04. The second-order valence-corrected chi connectivity index (χ2v) is 6.07. The number of hydrogen-bond donors (Lipinski definition) is 2. The molecule has 0 aliphatic rings. The molecular weight excluding hydrogens is 369 g/mol. The molecule has 5 nitrogen and oxygen atoms in total. The minimum atomic E-state index is -4.36. The number of halogens is 3. The van der Waals surface area contributed by atoms with Crippen molar-refractivity contribution in [1.82, 2.24) is 5.32 Å². The molecule has 0 spiro atoms. The molecule has 0 radical (unpaired) electrons. The fraction of sp³-hybridized carbons (Fsp3) is 0.294. The van der Waals surface area contributed by atoms with Gasteiger partial charge in [0.2, 0.25) is 0 Å². The van der Waals surface area contributed by atoms with E-state index in [0.717, 1.165) is 0 Å². The maximum atomic E-state index is 12.2. The Bertz CT molecular complexity index is 733. The number of para-hydroxylation sites is 1. The Morgan fingerprint density at radius 3 is 2.58 bits per heavy atom. The van der Waals surface area contributed by atoms with E-state index in [1.54, 1.807) is 41.1 Å². The van der Waals surface area contributed by atoms with Gasteiger partial charge in [0.1, 0.15) is 6.61 Å². The molecule has 0 bridgehead atoms. The number of alkyl halides is 3. The second-order valence-electron chi connectivity index (χ2n) is 5.29. The van der Waals surface area contributed by atoms with Gasteiger partial charge in [-0.1, -0.05) is 12.1 Å². The molecule has 1 heterocycles. The third-order valence-electron chi connectivity index (χ3n) is 3.22. The molecule has 1 aromatic carbocycles. The van der Waals surface area contributed by atoms with Crippen LogP contribution in [0.15, 0.2) is 41.1 Å². The van der Waals surface area contributed by atoms with E-state index in [1.807, 2.05) is 0 Å². The molecule has 0 fully saturated rings. The summed E-state index contributed by atoms with van der Waals surface area (Å²) in [4.78, 5) is 24.4. The van der Waals surface area contributed by atoms with Crippen LogP contribution in [0, 0.1) is 0 Å². The van der Waals surface area contributed by atoms with Crippen molar-refractivity contribution in [1.29, 1.82) is 0 Å². The summed E-state index contributed by atoms with van der Waals surface area (Å²) in [6, 6.07) is 8.17. The number of ether oxygens (including phenoxy) is 1. The van der Waals surface area contributed by atoms with E-state index in [9.17, 15) is 22.8 Å². The normalized spacial score (nSPS) is 11.2. The molecule has 140 valence electrons. The Balaban J connectivity index is 1.84. The minimum Gasteiger partial charge on any atom is -0.372 e. The van der Waals surface area contributed by atoms with Crippen LogP contribution < -0.4 is 10.6 Å². The number of carbonyl (C=O) groups is 2. The average Bonchev–Trinajstić information content (AvgIpc) is 3.12. The number of benzene rings is 1. The number of amides is 2. The van der Waals surface area contributed by atoms with Gasteiger partial charge in [-0.3, -0.25) is 9.59 Å². The Morgan fingerprint density at radius 2 is 1.88 bits per heavy atom. The number of carbonyl (C=O) groups excluding carboxylic acids is 2. The molecule has 2 amide bonds. The van der Waals surface area contributed by atoms with Gasteiger partial charge >= 0.3 is 6.18 Å². The highest BCUT2D eigenvalue weighted by molar-refractivity contribution is 7.08. The zero-order valence-corrected chi connectivity index (χ0v) is 14.5. The molecule has 0 unspecified atom stereocenters. The zero-order chi connectivity index (χ0) is 19.0. The van der Waals surface area contributed by atoms with Gasteiger partial charge < -0.3 is 15.4 Å². The van der Waals surface area contributed by atoms with Crippen LogP contribution in [0.1, 0.15) is 27.1 Å². The number of rotatable bonds is 8. The van der Waals surface area contributed by atoms with Crippen molar-refractivity contribution in [3.63, 3.8) is 0 Å². The van der Waals surface area contributed by atoms with E-state index in [0.29, 0.717) is 11.3 Å². The standard InChI is InChI=1S/C17H17F3N2O3S/c18-17(19,20)11-25-8-3-7-21-16(24)13-4-1-2-5-14(13)22-15(23)12-6-9-26-10-12/h1-2,4-6,9-10H,3,7-8,11H2,(H,21,24)(H,22,23). The molecular formula is C17H17F3N2O3S. The first-order chi connectivity index (χ1) is 12.4. The third kappa shape index (κ3) is 6.49. The Kier molecular flexibility index (Phi) is 7.16. The molecule has 1 aromatic heterocycles. The van der Waals surface area contributed by atoms with Gasteiger partial charge in [-0.25, -0.2) is 0 Å². The van der Waals surface area contributed by atoms with Crippen LogP contribution >= 0.6 is 11.3 Å². The van der Waals surface area contributed by atoms with Crippen molar-refractivity contribution in [2.24, 2.45) is 0 Å². The number of anilines is 1. The van der Waals surface area contributed by atoms with E-state index in [2.05, 4.69) is 15.4 Å². The summed E-state index contributed by atoms with van der Waals surface area (Å²) in [6.07, 6.45) is -4.12. The molecule has 0 atom stereocenters. The number of thiophene rings is 1. The minimum absolute atomic E-state index is 0.115. The lowest BCUT2D eigenvalue weighted by Gasteiger charge is -2.11. The molecule has 2 aromatic rings. The summed E-state index contributed by atoms with van der Waals surface area (Å²) in [7, 11) is 0. The summed E-state index contributed by atoms with van der Waals surface area (Å²) in [6.45, 7) is -1.27. The molecule has 0 aliphatic carbocycles. The van der Waals surface area contributed by atoms with Gasteiger partial charge in [0.25, 0.3) is 11.8 Å². The van der Waals surface area contributed by atoms with Crippen LogP contribution in [0.5, 0.6) is 0 Å². The first-order valence-electron chi connectivity index (χ1n) is 7.72. The summed E-state index contributed by atoms with van der Waals surface area (Å²) < 4.78 is 40.3. The van der Waals surface area contributed by atoms with Crippen LogP contribution in [-0.4, -0.2) is 37.7 Å². The lowest BCUT2D eigenvalue weighted by Crippen LogP contribution is -2.27. The van der Waals surface area contributed by atoms with Gasteiger partial charge in [-0.2, -0.15) is 24.5 Å². The van der Waals surface area contributed by atoms with Crippen LogP contribution in [0.25, 0.3) is 0 Å². The zero-order valence-electron chi connectivity index (χ0n) is 13.6. The largest absolute Gasteiger partial charge is 0.411 e. The van der Waals surface area contributed by atoms with Crippen LogP contribution in [-0.2, 0) is 4.74 Å². The van der Waals surface area contributed by atoms with Crippen molar-refractivity contribution in [3.05, 3.63) is 52.2 Å².